The van der Waals surface area contributed by atoms with Crippen LogP contribution < -0.4 is 0 Å². The molecule has 0 spiro atoms. The van der Waals surface area contributed by atoms with E-state index in [1.807, 2.05) is 6.21 Å². The average Bonchev–Trinajstić information content (AvgIpc) is 1.81. The lowest BCUT2D eigenvalue weighted by molar-refractivity contribution is 0.291. The third-order valence-corrected chi connectivity index (χ3v) is 1.04. The van der Waals surface area contributed by atoms with Crippen molar-refractivity contribution in [3.05, 3.63) is 0 Å². The molecule has 0 amide bonds. The second-order valence-corrected chi connectivity index (χ2v) is 2.20. The van der Waals surface area contributed by atoms with Crippen LogP contribution in [-0.4, -0.2) is 28.9 Å². The van der Waals surface area contributed by atoms with E-state index in [0.29, 0.717) is 0 Å². The Labute approximate surface area is 63.2 Å². The van der Waals surface area contributed by atoms with Gasteiger partial charge in [-0.3, -0.25) is 4.99 Å². The first-order chi connectivity index (χ1) is 3.91. The predicted molar refractivity (Wildman–Crippen MR) is 43.9 cm³/mol. The minimum Gasteiger partial charge on any atom is -0.396 e. The molecule has 0 aliphatic heterocycles. The first-order valence-electron chi connectivity index (χ1n) is 2.57. The smallest absolute Gasteiger partial charge is 0.0448 e. The summed E-state index contributed by atoms with van der Waals surface area (Å²) in [7, 11) is 0. The number of hydrogen-bond donors (Lipinski definition) is 1. The van der Waals surface area contributed by atoms with Crippen LogP contribution in [0.5, 0.6) is 0 Å². The fraction of sp³-hybridized carbons (Fsp3) is 0.800. The second kappa shape index (κ2) is 7.36. The largest absolute Gasteiger partial charge is 0.396 e. The maximum atomic E-state index is 8.29. The fourth-order valence-corrected chi connectivity index (χ4v) is 0.581. The van der Waals surface area contributed by atoms with Crippen LogP contribution in [0.15, 0.2) is 4.99 Å². The molecule has 8 heavy (non-hydrogen) atoms. The van der Waals surface area contributed by atoms with Gasteiger partial charge < -0.3 is 5.11 Å². The van der Waals surface area contributed by atoms with Gasteiger partial charge in [0.1, 0.15) is 0 Å². The zero-order chi connectivity index (χ0) is 6.24. The normalized spacial score (nSPS) is 10.8. The van der Waals surface area contributed by atoms with Crippen molar-refractivity contribution in [1.82, 2.24) is 0 Å². The van der Waals surface area contributed by atoms with Crippen molar-refractivity contribution in [3.8, 4) is 0 Å². The van der Waals surface area contributed by atoms with E-state index in [9.17, 15) is 0 Å². The molecule has 0 saturated carbocycles. The third kappa shape index (κ3) is 6.36. The Morgan fingerprint density at radius 2 is 2.38 bits per heavy atom. The zero-order valence-electron chi connectivity index (χ0n) is 4.68. The molecule has 0 heterocycles. The molecule has 2 nitrogen and oxygen atoms in total. The molecule has 3 heteroatoms. The van der Waals surface area contributed by atoms with E-state index in [1.54, 1.807) is 0 Å². The zero-order valence-corrected chi connectivity index (χ0v) is 6.84. The molecule has 0 unspecified atom stereocenters. The monoisotopic (exact) mass is 227 g/mol. The number of hydrogen-bond acceptors (Lipinski definition) is 2. The maximum Gasteiger partial charge on any atom is 0.0448 e. The SMILES string of the molecule is OCCCN=CCI. The van der Waals surface area contributed by atoms with Gasteiger partial charge in [0.2, 0.25) is 0 Å². The molecule has 0 atom stereocenters. The molecule has 0 bridgehead atoms. The van der Waals surface area contributed by atoms with E-state index >= 15 is 0 Å². The van der Waals surface area contributed by atoms with Crippen molar-refractivity contribution in [2.75, 3.05) is 17.6 Å². The Kier molecular flexibility index (Phi) is 7.69. The first kappa shape index (κ1) is 8.36. The molecule has 0 rings (SSSR count). The van der Waals surface area contributed by atoms with Crippen LogP contribution in [0.2, 0.25) is 0 Å². The van der Waals surface area contributed by atoms with Crippen LogP contribution in [0.3, 0.4) is 0 Å². The lowest BCUT2D eigenvalue weighted by atomic mass is 10.5. The van der Waals surface area contributed by atoms with Gasteiger partial charge in [0.05, 0.1) is 0 Å². The molecule has 0 aliphatic rings. The van der Waals surface area contributed by atoms with Crippen LogP contribution in [0.4, 0.5) is 0 Å². The molecule has 0 aromatic carbocycles. The van der Waals surface area contributed by atoms with E-state index in [1.165, 1.54) is 0 Å². The number of halogens is 1. The van der Waals surface area contributed by atoms with Gasteiger partial charge in [0, 0.05) is 23.8 Å². The van der Waals surface area contributed by atoms with Gasteiger partial charge in [-0.15, -0.1) is 0 Å². The van der Waals surface area contributed by atoms with Crippen molar-refractivity contribution in [2.24, 2.45) is 4.99 Å². The molecule has 0 aromatic heterocycles. The lowest BCUT2D eigenvalue weighted by Gasteiger charge is -1.85. The summed E-state index contributed by atoms with van der Waals surface area (Å²) in [6, 6.07) is 0. The summed E-state index contributed by atoms with van der Waals surface area (Å²) in [5.74, 6) is 0. The highest BCUT2D eigenvalue weighted by molar-refractivity contribution is 14.1. The predicted octanol–water partition coefficient (Wildman–Crippen LogP) is 0.875. The Bertz CT molecular complexity index is 65.4. The molecule has 48 valence electrons. The van der Waals surface area contributed by atoms with Gasteiger partial charge in [-0.2, -0.15) is 0 Å². The third-order valence-electron chi connectivity index (χ3n) is 0.643. The maximum absolute atomic E-state index is 8.29. The van der Waals surface area contributed by atoms with Crippen LogP contribution in [0, 0.1) is 0 Å². The molecule has 0 aliphatic carbocycles. The number of aliphatic imine (C=N–C) groups is 1. The van der Waals surface area contributed by atoms with E-state index in [2.05, 4.69) is 27.6 Å². The number of rotatable bonds is 4. The fourth-order valence-electron chi connectivity index (χ4n) is 0.302. The van der Waals surface area contributed by atoms with E-state index < -0.39 is 0 Å². The number of nitrogens with zero attached hydrogens (tertiary/aromatic N) is 1. The van der Waals surface area contributed by atoms with Crippen molar-refractivity contribution >= 4 is 28.8 Å². The van der Waals surface area contributed by atoms with Crippen molar-refractivity contribution in [1.29, 1.82) is 0 Å². The molecular weight excluding hydrogens is 217 g/mol. The first-order valence-corrected chi connectivity index (χ1v) is 4.09. The molecule has 0 aromatic rings. The summed E-state index contributed by atoms with van der Waals surface area (Å²) >= 11 is 2.23. The van der Waals surface area contributed by atoms with Crippen LogP contribution in [-0.2, 0) is 0 Å². The van der Waals surface area contributed by atoms with Crippen molar-refractivity contribution in [2.45, 2.75) is 6.42 Å². The van der Waals surface area contributed by atoms with Crippen LogP contribution in [0.1, 0.15) is 6.42 Å². The van der Waals surface area contributed by atoms with Crippen LogP contribution >= 0.6 is 22.6 Å². The number of aliphatic hydroxyl groups excluding tert-OH is 1. The topological polar surface area (TPSA) is 32.6 Å². The quantitative estimate of drug-likeness (QED) is 0.328. The summed E-state index contributed by atoms with van der Waals surface area (Å²) in [6.45, 7) is 1.01. The lowest BCUT2D eigenvalue weighted by Crippen LogP contribution is -1.86. The molecule has 0 fully saturated rings. The Hall–Kier alpha value is 0.360. The minimum atomic E-state index is 0.249. The molecule has 0 radical (unpaired) electrons. The van der Waals surface area contributed by atoms with E-state index in [4.69, 9.17) is 5.11 Å². The van der Waals surface area contributed by atoms with E-state index in [-0.39, 0.29) is 6.61 Å². The Morgan fingerprint density at radius 3 is 2.88 bits per heavy atom. The number of aliphatic hydroxyl groups is 1. The summed E-state index contributed by atoms with van der Waals surface area (Å²) in [5.41, 5.74) is 0. The van der Waals surface area contributed by atoms with Crippen LogP contribution in [0.25, 0.3) is 0 Å². The highest BCUT2D eigenvalue weighted by atomic mass is 127. The van der Waals surface area contributed by atoms with Gasteiger partial charge in [0.25, 0.3) is 0 Å². The standard InChI is InChI=1S/C5H10INO/c6-2-4-7-3-1-5-8/h4,8H,1-3,5H2. The summed E-state index contributed by atoms with van der Waals surface area (Å²) in [6.07, 6.45) is 2.64. The summed E-state index contributed by atoms with van der Waals surface area (Å²) in [5, 5.41) is 8.29. The average molecular weight is 227 g/mol. The van der Waals surface area contributed by atoms with Crippen molar-refractivity contribution in [3.63, 3.8) is 0 Å². The van der Waals surface area contributed by atoms with E-state index in [0.717, 1.165) is 17.4 Å². The van der Waals surface area contributed by atoms with Gasteiger partial charge in [0.15, 0.2) is 0 Å². The number of alkyl halides is 1. The molecule has 1 N–H and O–H groups in total. The van der Waals surface area contributed by atoms with Gasteiger partial charge in [-0.1, -0.05) is 22.6 Å². The van der Waals surface area contributed by atoms with Gasteiger partial charge in [-0.25, -0.2) is 0 Å². The second-order valence-electron chi connectivity index (χ2n) is 1.32. The van der Waals surface area contributed by atoms with Crippen molar-refractivity contribution < 1.29 is 5.11 Å². The Balaban J connectivity index is 2.80. The van der Waals surface area contributed by atoms with Gasteiger partial charge in [-0.05, 0) is 6.42 Å². The molecular formula is C5H10INO. The summed E-state index contributed by atoms with van der Waals surface area (Å²) in [4.78, 5) is 3.99. The minimum absolute atomic E-state index is 0.249. The van der Waals surface area contributed by atoms with Gasteiger partial charge >= 0.3 is 0 Å². The Morgan fingerprint density at radius 1 is 1.62 bits per heavy atom. The highest BCUT2D eigenvalue weighted by Gasteiger charge is 1.76. The summed E-state index contributed by atoms with van der Waals surface area (Å²) < 4.78 is 0.961. The molecule has 0 saturated heterocycles. The highest BCUT2D eigenvalue weighted by Crippen LogP contribution is 1.79.